The minimum absolute atomic E-state index is 0.139. The molecule has 0 amide bonds. The molecular weight excluding hydrogens is 450 g/mol. The first-order chi connectivity index (χ1) is 15.0. The molecule has 0 fully saturated rings. The second-order valence-electron chi connectivity index (χ2n) is 7.18. The molecule has 0 radical (unpaired) electrons. The quantitative estimate of drug-likeness (QED) is 0.236. The lowest BCUT2D eigenvalue weighted by Crippen LogP contribution is -1.97. The van der Waals surface area contributed by atoms with Crippen molar-refractivity contribution in [1.82, 2.24) is 4.98 Å². The first kappa shape index (κ1) is 21.7. The fraction of sp³-hybridized carbons (Fsp3) is 0.261. The summed E-state index contributed by atoms with van der Waals surface area (Å²) in [7, 11) is 0. The molecule has 0 saturated heterocycles. The average molecular weight is 472 g/mol. The van der Waals surface area contributed by atoms with Crippen LogP contribution in [0, 0.1) is 13.8 Å². The Balaban J connectivity index is 1.69. The first-order valence-electron chi connectivity index (χ1n) is 9.80. The third kappa shape index (κ3) is 4.56. The van der Waals surface area contributed by atoms with Crippen LogP contribution in [0.3, 0.4) is 0 Å². The van der Waals surface area contributed by atoms with Gasteiger partial charge in [-0.1, -0.05) is 0 Å². The molecule has 0 aliphatic heterocycles. The van der Waals surface area contributed by atoms with Crippen molar-refractivity contribution in [3.05, 3.63) is 50.7 Å². The maximum Gasteiger partial charge on any atom is 0.303 e. The summed E-state index contributed by atoms with van der Waals surface area (Å²) < 4.78 is 6.00. The van der Waals surface area contributed by atoms with E-state index in [2.05, 4.69) is 30.5 Å². The van der Waals surface area contributed by atoms with E-state index < -0.39 is 5.97 Å². The summed E-state index contributed by atoms with van der Waals surface area (Å²) in [6, 6.07) is 6.39. The van der Waals surface area contributed by atoms with E-state index in [1.807, 2.05) is 13.1 Å². The lowest BCUT2D eigenvalue weighted by molar-refractivity contribution is -0.137. The normalized spacial score (nSPS) is 11.2. The van der Waals surface area contributed by atoms with Crippen LogP contribution in [0.2, 0.25) is 0 Å². The van der Waals surface area contributed by atoms with Crippen molar-refractivity contribution in [3.63, 3.8) is 0 Å². The number of aromatic nitrogens is 1. The van der Waals surface area contributed by atoms with Crippen molar-refractivity contribution >= 4 is 56.5 Å². The van der Waals surface area contributed by atoms with Crippen molar-refractivity contribution < 1.29 is 19.4 Å². The molecule has 4 aromatic heterocycles. The largest absolute Gasteiger partial charge is 0.481 e. The zero-order valence-corrected chi connectivity index (χ0v) is 19.6. The number of hydrogen-bond acceptors (Lipinski definition) is 7. The predicted molar refractivity (Wildman–Crippen MR) is 127 cm³/mol. The summed E-state index contributed by atoms with van der Waals surface area (Å²) in [5.74, 6) is -0.776. The molecule has 0 aliphatic carbocycles. The molecule has 0 aromatic carbocycles. The molecule has 4 rings (SSSR count). The number of fused-ring (bicyclic) bond motifs is 1. The highest BCUT2D eigenvalue weighted by atomic mass is 32.1. The van der Waals surface area contributed by atoms with Gasteiger partial charge in [0.25, 0.3) is 6.47 Å². The van der Waals surface area contributed by atoms with Crippen LogP contribution in [0.15, 0.2) is 29.8 Å². The Labute approximate surface area is 192 Å². The van der Waals surface area contributed by atoms with Gasteiger partial charge in [0.05, 0.1) is 21.9 Å². The maximum absolute atomic E-state index is 10.9. The highest BCUT2D eigenvalue weighted by Gasteiger charge is 2.17. The number of aliphatic carboxylic acids is 1. The fourth-order valence-corrected chi connectivity index (χ4v) is 6.73. The van der Waals surface area contributed by atoms with Gasteiger partial charge in [-0.3, -0.25) is 14.6 Å². The van der Waals surface area contributed by atoms with Crippen LogP contribution in [0.5, 0.6) is 0 Å². The van der Waals surface area contributed by atoms with Gasteiger partial charge >= 0.3 is 5.97 Å². The summed E-state index contributed by atoms with van der Waals surface area (Å²) in [6.45, 7) is 4.99. The highest BCUT2D eigenvalue weighted by Crippen LogP contribution is 2.42. The zero-order valence-electron chi connectivity index (χ0n) is 17.1. The first-order valence-corrected chi connectivity index (χ1v) is 12.3. The zero-order chi connectivity index (χ0) is 22.0. The molecule has 0 unspecified atom stereocenters. The lowest BCUT2D eigenvalue weighted by atomic mass is 10.1. The van der Waals surface area contributed by atoms with Crippen LogP contribution >= 0.6 is 34.0 Å². The summed E-state index contributed by atoms with van der Waals surface area (Å²) in [5, 5.41) is 12.2. The number of carboxylic acids is 1. The Morgan fingerprint density at radius 3 is 2.58 bits per heavy atom. The molecule has 0 saturated carbocycles. The number of pyridine rings is 1. The molecule has 0 atom stereocenters. The number of thiophene rings is 3. The number of hydrogen-bond donors (Lipinski definition) is 1. The van der Waals surface area contributed by atoms with Gasteiger partial charge in [0.15, 0.2) is 0 Å². The van der Waals surface area contributed by atoms with E-state index in [-0.39, 0.29) is 6.42 Å². The third-order valence-electron chi connectivity index (χ3n) is 5.20. The fourth-order valence-electron chi connectivity index (χ4n) is 3.58. The number of aryl methyl sites for hydroxylation is 3. The van der Waals surface area contributed by atoms with Crippen LogP contribution in [0.4, 0.5) is 0 Å². The lowest BCUT2D eigenvalue weighted by Gasteiger charge is -2.04. The highest BCUT2D eigenvalue weighted by molar-refractivity contribution is 7.19. The minimum Gasteiger partial charge on any atom is -0.481 e. The SMILES string of the molecule is Cc1sc(-c2cnc(-c3cc(CCOC=O)c(C)s3)c3sccc23)cc1CCC(=O)O. The standard InChI is InChI=1S/C23H21NO4S3/c1-13-15(3-4-21(26)27)9-19(30-13)18-11-24-22(23-17(18)6-8-29-23)20-10-16(14(2)31-20)5-7-28-12-25/h6,8-12H,3-5,7H2,1-2H3,(H,26,27). The van der Waals surface area contributed by atoms with Crippen molar-refractivity contribution in [3.8, 4) is 21.0 Å². The number of rotatable bonds is 9. The van der Waals surface area contributed by atoms with Crippen LogP contribution < -0.4 is 0 Å². The van der Waals surface area contributed by atoms with Gasteiger partial charge in [0.1, 0.15) is 0 Å². The number of nitrogens with zero attached hydrogens (tertiary/aromatic N) is 1. The Hall–Kier alpha value is -2.55. The molecule has 0 bridgehead atoms. The minimum atomic E-state index is -0.776. The van der Waals surface area contributed by atoms with Gasteiger partial charge < -0.3 is 9.84 Å². The Bertz CT molecular complexity index is 1250. The number of carboxylic acid groups (broad SMARTS) is 1. The summed E-state index contributed by atoms with van der Waals surface area (Å²) >= 11 is 5.08. The van der Waals surface area contributed by atoms with Crippen molar-refractivity contribution in [2.24, 2.45) is 0 Å². The van der Waals surface area contributed by atoms with E-state index in [4.69, 9.17) is 14.8 Å². The molecule has 5 nitrogen and oxygen atoms in total. The van der Waals surface area contributed by atoms with Crippen molar-refractivity contribution in [2.75, 3.05) is 6.61 Å². The molecule has 160 valence electrons. The monoisotopic (exact) mass is 471 g/mol. The van der Waals surface area contributed by atoms with Gasteiger partial charge in [-0.15, -0.1) is 34.0 Å². The summed E-state index contributed by atoms with van der Waals surface area (Å²) in [5.41, 5.74) is 4.33. The maximum atomic E-state index is 10.9. The molecule has 1 N–H and O–H groups in total. The van der Waals surface area contributed by atoms with E-state index >= 15 is 0 Å². The molecule has 31 heavy (non-hydrogen) atoms. The van der Waals surface area contributed by atoms with Crippen molar-refractivity contribution in [2.45, 2.75) is 33.1 Å². The van der Waals surface area contributed by atoms with Gasteiger partial charge in [0, 0.05) is 44.6 Å². The molecule has 4 aromatic rings. The van der Waals surface area contributed by atoms with E-state index in [1.165, 1.54) is 10.4 Å². The van der Waals surface area contributed by atoms with Crippen LogP contribution in [0.1, 0.15) is 27.3 Å². The van der Waals surface area contributed by atoms with Crippen LogP contribution in [-0.4, -0.2) is 29.1 Å². The average Bonchev–Trinajstić information content (AvgIpc) is 3.45. The Morgan fingerprint density at radius 2 is 1.84 bits per heavy atom. The van der Waals surface area contributed by atoms with Crippen LogP contribution in [-0.2, 0) is 27.2 Å². The van der Waals surface area contributed by atoms with E-state index in [1.54, 1.807) is 34.0 Å². The number of carbonyl (C=O) groups excluding carboxylic acids is 1. The van der Waals surface area contributed by atoms with Crippen LogP contribution in [0.25, 0.3) is 31.1 Å². The summed E-state index contributed by atoms with van der Waals surface area (Å²) in [6.07, 6.45) is 3.31. The van der Waals surface area contributed by atoms with Gasteiger partial charge in [-0.05, 0) is 55.0 Å². The molecular formula is C23H21NO4S3. The summed E-state index contributed by atoms with van der Waals surface area (Å²) in [4.78, 5) is 30.8. The number of carbonyl (C=O) groups is 2. The second kappa shape index (κ2) is 9.30. The van der Waals surface area contributed by atoms with E-state index in [9.17, 15) is 9.59 Å². The number of ether oxygens (including phenoxy) is 1. The molecule has 0 spiro atoms. The molecule has 0 aliphatic rings. The van der Waals surface area contributed by atoms with Gasteiger partial charge in [-0.25, -0.2) is 0 Å². The topological polar surface area (TPSA) is 76.5 Å². The van der Waals surface area contributed by atoms with Gasteiger partial charge in [-0.2, -0.15) is 0 Å². The second-order valence-corrected chi connectivity index (χ2v) is 10.6. The molecule has 4 heterocycles. The smallest absolute Gasteiger partial charge is 0.303 e. The predicted octanol–water partition coefficient (Wildman–Crippen LogP) is 6.10. The Morgan fingerprint density at radius 1 is 1.13 bits per heavy atom. The molecule has 8 heteroatoms. The van der Waals surface area contributed by atoms with E-state index in [0.717, 1.165) is 41.5 Å². The van der Waals surface area contributed by atoms with E-state index in [0.29, 0.717) is 25.9 Å². The third-order valence-corrected chi connectivity index (χ3v) is 8.35. The van der Waals surface area contributed by atoms with Crippen molar-refractivity contribution in [1.29, 1.82) is 0 Å². The Kier molecular flexibility index (Phi) is 6.50. The van der Waals surface area contributed by atoms with Gasteiger partial charge in [0.2, 0.25) is 0 Å².